The van der Waals surface area contributed by atoms with E-state index in [9.17, 15) is 9.59 Å². The highest BCUT2D eigenvalue weighted by Gasteiger charge is 2.12. The third kappa shape index (κ3) is 12.8. The maximum Gasteiger partial charge on any atom is 0.243 e. The van der Waals surface area contributed by atoms with Crippen LogP contribution in [-0.4, -0.2) is 24.0 Å². The quantitative estimate of drug-likeness (QED) is 0.527. The second-order valence-corrected chi connectivity index (χ2v) is 5.03. The Morgan fingerprint density at radius 2 is 1.76 bits per heavy atom. The van der Waals surface area contributed by atoms with Crippen LogP contribution in [0.1, 0.15) is 53.4 Å². The van der Waals surface area contributed by atoms with Crippen molar-refractivity contribution < 1.29 is 14.4 Å². The van der Waals surface area contributed by atoms with E-state index in [1.165, 1.54) is 6.92 Å². The molecule has 0 atom stereocenters. The van der Waals surface area contributed by atoms with E-state index in [2.05, 4.69) is 10.8 Å². The lowest BCUT2D eigenvalue weighted by Gasteiger charge is -2.18. The fraction of sp³-hybridized carbons (Fsp3) is 0.833. The molecule has 2 amide bonds. The minimum Gasteiger partial charge on any atom is -0.356 e. The van der Waals surface area contributed by atoms with Gasteiger partial charge in [0.15, 0.2) is 0 Å². The first-order valence-corrected chi connectivity index (χ1v) is 6.02. The Kier molecular flexibility index (Phi) is 7.54. The summed E-state index contributed by atoms with van der Waals surface area (Å²) in [6.45, 7) is 7.80. The highest BCUT2D eigenvalue weighted by Crippen LogP contribution is 2.04. The number of carbonyl (C=O) groups is 2. The van der Waals surface area contributed by atoms with Gasteiger partial charge in [-0.15, -0.1) is 0 Å². The number of hydrogen-bond acceptors (Lipinski definition) is 3. The molecule has 0 spiro atoms. The topological polar surface area (TPSA) is 67.4 Å². The van der Waals surface area contributed by atoms with Gasteiger partial charge in [-0.3, -0.25) is 14.4 Å². The molecule has 5 nitrogen and oxygen atoms in total. The van der Waals surface area contributed by atoms with Gasteiger partial charge in [0, 0.05) is 19.9 Å². The van der Waals surface area contributed by atoms with Crippen LogP contribution in [0, 0.1) is 0 Å². The van der Waals surface area contributed by atoms with Crippen molar-refractivity contribution in [3.05, 3.63) is 0 Å². The monoisotopic (exact) mass is 244 g/mol. The van der Waals surface area contributed by atoms with Crippen LogP contribution in [0.5, 0.6) is 0 Å². The van der Waals surface area contributed by atoms with Gasteiger partial charge in [0.1, 0.15) is 0 Å². The van der Waals surface area contributed by atoms with Gasteiger partial charge >= 0.3 is 0 Å². The zero-order valence-electron chi connectivity index (χ0n) is 11.3. The van der Waals surface area contributed by atoms with Gasteiger partial charge in [-0.05, 0) is 33.6 Å². The highest BCUT2D eigenvalue weighted by molar-refractivity contribution is 5.74. The van der Waals surface area contributed by atoms with Crippen LogP contribution < -0.4 is 10.8 Å². The first-order valence-electron chi connectivity index (χ1n) is 6.02. The summed E-state index contributed by atoms with van der Waals surface area (Å²) in [5, 5.41) is 2.71. The first-order chi connectivity index (χ1) is 7.81. The van der Waals surface area contributed by atoms with Crippen LogP contribution in [0.25, 0.3) is 0 Å². The average molecular weight is 244 g/mol. The lowest BCUT2D eigenvalue weighted by molar-refractivity contribution is -0.145. The molecule has 0 aromatic heterocycles. The van der Waals surface area contributed by atoms with E-state index >= 15 is 0 Å². The molecule has 5 heteroatoms. The van der Waals surface area contributed by atoms with Crippen LogP contribution in [0.3, 0.4) is 0 Å². The zero-order valence-corrected chi connectivity index (χ0v) is 11.3. The molecule has 0 aliphatic heterocycles. The Bertz CT molecular complexity index is 247. The highest BCUT2D eigenvalue weighted by atomic mass is 16.7. The van der Waals surface area contributed by atoms with Crippen LogP contribution in [0.15, 0.2) is 0 Å². The van der Waals surface area contributed by atoms with E-state index in [0.717, 1.165) is 19.3 Å². The van der Waals surface area contributed by atoms with E-state index in [1.54, 1.807) is 0 Å². The SMILES string of the molecule is CC(=O)NCCCCCC(=O)NOC(C)(C)C. The summed E-state index contributed by atoms with van der Waals surface area (Å²) in [7, 11) is 0. The fourth-order valence-corrected chi connectivity index (χ4v) is 1.11. The van der Waals surface area contributed by atoms with Crippen molar-refractivity contribution in [1.29, 1.82) is 0 Å². The summed E-state index contributed by atoms with van der Waals surface area (Å²) < 4.78 is 0. The van der Waals surface area contributed by atoms with Gasteiger partial charge in [-0.25, -0.2) is 5.48 Å². The van der Waals surface area contributed by atoms with Gasteiger partial charge in [0.05, 0.1) is 5.60 Å². The average Bonchev–Trinajstić information content (AvgIpc) is 2.19. The van der Waals surface area contributed by atoms with Crippen molar-refractivity contribution in [2.45, 2.75) is 59.0 Å². The normalized spacial score (nSPS) is 11.1. The maximum atomic E-state index is 11.3. The number of amides is 2. The molecular formula is C12H24N2O3. The van der Waals surface area contributed by atoms with E-state index in [4.69, 9.17) is 4.84 Å². The third-order valence-corrected chi connectivity index (χ3v) is 1.93. The molecule has 17 heavy (non-hydrogen) atoms. The van der Waals surface area contributed by atoms with Gasteiger partial charge in [0.2, 0.25) is 11.8 Å². The summed E-state index contributed by atoms with van der Waals surface area (Å²) in [5.74, 6) is -0.110. The number of hydrogen-bond donors (Lipinski definition) is 2. The molecule has 2 N–H and O–H groups in total. The Morgan fingerprint density at radius 3 is 2.29 bits per heavy atom. The number of hydroxylamine groups is 1. The number of unbranched alkanes of at least 4 members (excludes halogenated alkanes) is 2. The van der Waals surface area contributed by atoms with Gasteiger partial charge < -0.3 is 5.32 Å². The largest absolute Gasteiger partial charge is 0.356 e. The molecule has 0 radical (unpaired) electrons. The Labute approximate surface area is 103 Å². The molecule has 100 valence electrons. The number of rotatable bonds is 7. The van der Waals surface area contributed by atoms with E-state index in [1.807, 2.05) is 20.8 Å². The molecule has 0 heterocycles. The Balaban J connectivity index is 3.37. The summed E-state index contributed by atoms with van der Waals surface area (Å²) >= 11 is 0. The van der Waals surface area contributed by atoms with Crippen molar-refractivity contribution in [1.82, 2.24) is 10.8 Å². The summed E-state index contributed by atoms with van der Waals surface area (Å²) in [4.78, 5) is 27.0. The second kappa shape index (κ2) is 8.06. The van der Waals surface area contributed by atoms with Crippen LogP contribution >= 0.6 is 0 Å². The standard InChI is InChI=1S/C12H24N2O3/c1-10(15)13-9-7-5-6-8-11(16)14-17-12(2,3)4/h5-9H2,1-4H3,(H,13,15)(H,14,16). The molecule has 0 saturated heterocycles. The van der Waals surface area contributed by atoms with E-state index in [-0.39, 0.29) is 17.4 Å². The summed E-state index contributed by atoms with van der Waals surface area (Å²) in [6, 6.07) is 0. The van der Waals surface area contributed by atoms with Gasteiger partial charge in [-0.1, -0.05) is 6.42 Å². The van der Waals surface area contributed by atoms with Gasteiger partial charge in [-0.2, -0.15) is 0 Å². The van der Waals surface area contributed by atoms with Crippen LogP contribution in [0.2, 0.25) is 0 Å². The van der Waals surface area contributed by atoms with Crippen molar-refractivity contribution in [2.24, 2.45) is 0 Å². The molecule has 0 aromatic rings. The smallest absolute Gasteiger partial charge is 0.243 e. The predicted octanol–water partition coefficient (Wildman–Crippen LogP) is 1.53. The molecule has 0 aromatic carbocycles. The Morgan fingerprint density at radius 1 is 1.12 bits per heavy atom. The molecular weight excluding hydrogens is 220 g/mol. The van der Waals surface area contributed by atoms with Crippen molar-refractivity contribution in [3.63, 3.8) is 0 Å². The third-order valence-electron chi connectivity index (χ3n) is 1.93. The van der Waals surface area contributed by atoms with Crippen LogP contribution in [0.4, 0.5) is 0 Å². The van der Waals surface area contributed by atoms with Crippen molar-refractivity contribution in [2.75, 3.05) is 6.54 Å². The second-order valence-electron chi connectivity index (χ2n) is 5.03. The van der Waals surface area contributed by atoms with Gasteiger partial charge in [0.25, 0.3) is 0 Å². The molecule has 0 saturated carbocycles. The maximum absolute atomic E-state index is 11.3. The number of carbonyl (C=O) groups excluding carboxylic acids is 2. The van der Waals surface area contributed by atoms with Crippen LogP contribution in [-0.2, 0) is 14.4 Å². The summed E-state index contributed by atoms with van der Waals surface area (Å²) in [6.07, 6.45) is 3.07. The first kappa shape index (κ1) is 15.9. The van der Waals surface area contributed by atoms with E-state index < -0.39 is 0 Å². The van der Waals surface area contributed by atoms with Crippen molar-refractivity contribution in [3.8, 4) is 0 Å². The molecule has 0 aliphatic carbocycles. The summed E-state index contributed by atoms with van der Waals surface area (Å²) in [5.41, 5.74) is 2.06. The molecule has 0 unspecified atom stereocenters. The number of nitrogens with one attached hydrogen (secondary N) is 2. The predicted molar refractivity (Wildman–Crippen MR) is 66.1 cm³/mol. The fourth-order valence-electron chi connectivity index (χ4n) is 1.11. The minimum absolute atomic E-state index is 0.0127. The molecule has 0 aliphatic rings. The lowest BCUT2D eigenvalue weighted by atomic mass is 10.2. The molecule has 0 fully saturated rings. The lowest BCUT2D eigenvalue weighted by Crippen LogP contribution is -2.33. The Hall–Kier alpha value is -1.10. The van der Waals surface area contributed by atoms with Crippen molar-refractivity contribution >= 4 is 11.8 Å². The van der Waals surface area contributed by atoms with E-state index in [0.29, 0.717) is 13.0 Å². The zero-order chi connectivity index (χ0) is 13.3. The molecule has 0 bridgehead atoms. The molecule has 0 rings (SSSR count). The minimum atomic E-state index is -0.360.